The maximum atomic E-state index is 9.68. The quantitative estimate of drug-likeness (QED) is 0.579. The van der Waals surface area contributed by atoms with Gasteiger partial charge < -0.3 is 14.7 Å². The Morgan fingerprint density at radius 3 is 2.95 bits per heavy atom. The standard InChI is InChI=1S/C18H18INO2/c1-3-4-6-15(14-8-9-18(21)17(19)11-14)12-20-10-5-7-16(13-20)22-2/h3-9,11-13,21H,1,10H2,2H3/b6-4+,15-12+. The number of hydrogen-bond donors (Lipinski definition) is 1. The second-order valence-corrected chi connectivity index (χ2v) is 5.84. The van der Waals surface area contributed by atoms with Crippen molar-refractivity contribution in [3.05, 3.63) is 82.5 Å². The van der Waals surface area contributed by atoms with Crippen LogP contribution in [0.15, 0.2) is 73.3 Å². The maximum absolute atomic E-state index is 9.68. The second-order valence-electron chi connectivity index (χ2n) is 4.68. The molecule has 0 saturated heterocycles. The van der Waals surface area contributed by atoms with Crippen LogP contribution in [-0.2, 0) is 4.74 Å². The van der Waals surface area contributed by atoms with Gasteiger partial charge >= 0.3 is 0 Å². The molecule has 0 saturated carbocycles. The number of allylic oxidation sites excluding steroid dienone is 5. The molecular weight excluding hydrogens is 389 g/mol. The van der Waals surface area contributed by atoms with Gasteiger partial charge in [0.05, 0.1) is 10.7 Å². The van der Waals surface area contributed by atoms with E-state index in [1.54, 1.807) is 19.3 Å². The highest BCUT2D eigenvalue weighted by molar-refractivity contribution is 14.1. The van der Waals surface area contributed by atoms with Crippen LogP contribution in [0, 0.1) is 3.57 Å². The lowest BCUT2D eigenvalue weighted by molar-refractivity contribution is 0.293. The van der Waals surface area contributed by atoms with Gasteiger partial charge in [-0.05, 0) is 51.9 Å². The van der Waals surface area contributed by atoms with Gasteiger partial charge in [-0.2, -0.15) is 0 Å². The molecule has 0 bridgehead atoms. The zero-order valence-corrected chi connectivity index (χ0v) is 14.5. The zero-order chi connectivity index (χ0) is 15.9. The van der Waals surface area contributed by atoms with E-state index in [1.165, 1.54) is 0 Å². The van der Waals surface area contributed by atoms with Crippen LogP contribution in [0.2, 0.25) is 0 Å². The average Bonchev–Trinajstić information content (AvgIpc) is 2.54. The first-order valence-electron chi connectivity index (χ1n) is 6.82. The van der Waals surface area contributed by atoms with E-state index in [0.29, 0.717) is 5.75 Å². The number of halogens is 1. The average molecular weight is 407 g/mol. The van der Waals surface area contributed by atoms with Crippen molar-refractivity contribution in [1.82, 2.24) is 4.90 Å². The molecule has 2 rings (SSSR count). The molecule has 0 radical (unpaired) electrons. The van der Waals surface area contributed by atoms with E-state index in [2.05, 4.69) is 34.1 Å². The van der Waals surface area contributed by atoms with Gasteiger partial charge in [0.25, 0.3) is 0 Å². The van der Waals surface area contributed by atoms with Crippen LogP contribution in [0.4, 0.5) is 0 Å². The zero-order valence-electron chi connectivity index (χ0n) is 12.4. The topological polar surface area (TPSA) is 32.7 Å². The minimum atomic E-state index is 0.291. The molecule has 1 N–H and O–H groups in total. The summed E-state index contributed by atoms with van der Waals surface area (Å²) in [6, 6.07) is 5.56. The van der Waals surface area contributed by atoms with Crippen molar-refractivity contribution in [2.75, 3.05) is 13.7 Å². The van der Waals surface area contributed by atoms with Gasteiger partial charge in [-0.3, -0.25) is 0 Å². The molecule has 1 aliphatic rings. The van der Waals surface area contributed by atoms with Gasteiger partial charge in [0.2, 0.25) is 0 Å². The Morgan fingerprint density at radius 2 is 2.27 bits per heavy atom. The molecule has 0 spiro atoms. The lowest BCUT2D eigenvalue weighted by Gasteiger charge is -2.20. The van der Waals surface area contributed by atoms with Crippen LogP contribution in [0.5, 0.6) is 5.75 Å². The molecule has 0 atom stereocenters. The predicted molar refractivity (Wildman–Crippen MR) is 99.1 cm³/mol. The number of methoxy groups -OCH3 is 1. The number of rotatable bonds is 5. The Morgan fingerprint density at radius 1 is 1.45 bits per heavy atom. The van der Waals surface area contributed by atoms with Crippen LogP contribution < -0.4 is 0 Å². The molecule has 1 heterocycles. The molecular formula is C18H18INO2. The largest absolute Gasteiger partial charge is 0.507 e. The lowest BCUT2D eigenvalue weighted by atomic mass is 10.1. The third-order valence-electron chi connectivity index (χ3n) is 3.12. The first-order valence-corrected chi connectivity index (χ1v) is 7.90. The van der Waals surface area contributed by atoms with Gasteiger partial charge in [-0.15, -0.1) is 0 Å². The maximum Gasteiger partial charge on any atom is 0.134 e. The first kappa shape index (κ1) is 16.4. The van der Waals surface area contributed by atoms with Crippen molar-refractivity contribution in [1.29, 1.82) is 0 Å². The highest BCUT2D eigenvalue weighted by Gasteiger charge is 2.07. The highest BCUT2D eigenvalue weighted by atomic mass is 127. The summed E-state index contributed by atoms with van der Waals surface area (Å²) >= 11 is 2.12. The van der Waals surface area contributed by atoms with E-state index in [9.17, 15) is 5.11 Å². The van der Waals surface area contributed by atoms with E-state index >= 15 is 0 Å². The van der Waals surface area contributed by atoms with Crippen LogP contribution >= 0.6 is 22.6 Å². The highest BCUT2D eigenvalue weighted by Crippen LogP contribution is 2.26. The SMILES string of the molecule is C=C/C=C/C(=C\N1C=C(OC)C=CC1)c1ccc(O)c(I)c1. The Hall–Kier alpha value is -1.95. The van der Waals surface area contributed by atoms with Crippen molar-refractivity contribution in [2.45, 2.75) is 0 Å². The van der Waals surface area contributed by atoms with Crippen molar-refractivity contribution < 1.29 is 9.84 Å². The molecule has 0 fully saturated rings. The Labute approximate surface area is 144 Å². The van der Waals surface area contributed by atoms with E-state index in [1.807, 2.05) is 48.8 Å². The van der Waals surface area contributed by atoms with Crippen LogP contribution in [0.25, 0.3) is 5.57 Å². The van der Waals surface area contributed by atoms with Gasteiger partial charge in [0, 0.05) is 18.9 Å². The number of phenols is 1. The predicted octanol–water partition coefficient (Wildman–Crippen LogP) is 4.44. The van der Waals surface area contributed by atoms with Gasteiger partial charge in [-0.1, -0.05) is 36.9 Å². The summed E-state index contributed by atoms with van der Waals surface area (Å²) in [5.41, 5.74) is 2.06. The molecule has 0 unspecified atom stereocenters. The monoisotopic (exact) mass is 407 g/mol. The molecule has 1 aromatic carbocycles. The number of ether oxygens (including phenoxy) is 1. The van der Waals surface area contributed by atoms with Crippen LogP contribution in [-0.4, -0.2) is 23.7 Å². The van der Waals surface area contributed by atoms with E-state index in [4.69, 9.17) is 4.74 Å². The van der Waals surface area contributed by atoms with E-state index in [-0.39, 0.29) is 0 Å². The van der Waals surface area contributed by atoms with Gasteiger partial charge in [-0.25, -0.2) is 0 Å². The fourth-order valence-corrected chi connectivity index (χ4v) is 2.53. The Balaban J connectivity index is 2.37. The van der Waals surface area contributed by atoms with Crippen molar-refractivity contribution in [3.8, 4) is 5.75 Å². The number of hydrogen-bond acceptors (Lipinski definition) is 3. The van der Waals surface area contributed by atoms with Gasteiger partial charge in [0.15, 0.2) is 0 Å². The fraction of sp³-hybridized carbons (Fsp3) is 0.111. The summed E-state index contributed by atoms with van der Waals surface area (Å²) in [6.07, 6.45) is 13.6. The third kappa shape index (κ3) is 4.27. The number of phenolic OH excluding ortho intramolecular Hbond substituents is 1. The first-order chi connectivity index (χ1) is 10.6. The Kier molecular flexibility index (Phi) is 5.89. The second kappa shape index (κ2) is 7.89. The number of benzene rings is 1. The summed E-state index contributed by atoms with van der Waals surface area (Å²) in [6.45, 7) is 4.50. The summed E-state index contributed by atoms with van der Waals surface area (Å²) in [5, 5.41) is 9.68. The van der Waals surface area contributed by atoms with Crippen LogP contribution in [0.3, 0.4) is 0 Å². The van der Waals surface area contributed by atoms with Gasteiger partial charge in [0.1, 0.15) is 11.5 Å². The molecule has 1 aromatic rings. The number of nitrogens with zero attached hydrogens (tertiary/aromatic N) is 1. The van der Waals surface area contributed by atoms with E-state index in [0.717, 1.165) is 27.0 Å². The molecule has 22 heavy (non-hydrogen) atoms. The number of aromatic hydroxyl groups is 1. The molecule has 4 heteroatoms. The van der Waals surface area contributed by atoms with Crippen molar-refractivity contribution in [2.24, 2.45) is 0 Å². The summed E-state index contributed by atoms with van der Waals surface area (Å²) in [7, 11) is 1.66. The summed E-state index contributed by atoms with van der Waals surface area (Å²) < 4.78 is 6.08. The molecule has 3 nitrogen and oxygen atoms in total. The third-order valence-corrected chi connectivity index (χ3v) is 3.99. The Bertz CT molecular complexity index is 672. The molecule has 0 aromatic heterocycles. The molecule has 0 aliphatic carbocycles. The van der Waals surface area contributed by atoms with Crippen LogP contribution in [0.1, 0.15) is 5.56 Å². The minimum Gasteiger partial charge on any atom is -0.507 e. The molecule has 114 valence electrons. The molecule has 0 amide bonds. The lowest BCUT2D eigenvalue weighted by Crippen LogP contribution is -2.14. The van der Waals surface area contributed by atoms with E-state index < -0.39 is 0 Å². The smallest absolute Gasteiger partial charge is 0.134 e. The molecule has 1 aliphatic heterocycles. The normalized spacial score (nSPS) is 15.1. The van der Waals surface area contributed by atoms with Crippen molar-refractivity contribution >= 4 is 28.2 Å². The summed E-state index contributed by atoms with van der Waals surface area (Å²) in [4.78, 5) is 2.06. The fourth-order valence-electron chi connectivity index (χ4n) is 2.01. The van der Waals surface area contributed by atoms with Crippen molar-refractivity contribution in [3.63, 3.8) is 0 Å². The summed E-state index contributed by atoms with van der Waals surface area (Å²) in [5.74, 6) is 1.11. The minimum absolute atomic E-state index is 0.291.